The number of nitrogen functional groups attached to an aromatic ring is 1. The molecule has 1 atom stereocenters. The molecule has 0 saturated carbocycles. The number of nitrogens with zero attached hydrogens (tertiary/aromatic N) is 2. The lowest BCUT2D eigenvalue weighted by Gasteiger charge is -2.36. The molecule has 20 heavy (non-hydrogen) atoms. The van der Waals surface area contributed by atoms with Gasteiger partial charge >= 0.3 is 0 Å². The van der Waals surface area contributed by atoms with Crippen molar-refractivity contribution in [2.45, 2.75) is 5.75 Å². The normalized spacial score (nSPS) is 18.2. The summed E-state index contributed by atoms with van der Waals surface area (Å²) in [5, 5.41) is 8.93. The Morgan fingerprint density at radius 1 is 1.25 bits per heavy atom. The van der Waals surface area contributed by atoms with Gasteiger partial charge in [-0.05, 0) is 23.8 Å². The molecule has 0 amide bonds. The number of hydrogen-bond donors (Lipinski definition) is 2. The van der Waals surface area contributed by atoms with Gasteiger partial charge in [-0.25, -0.2) is 0 Å². The number of aliphatic hydroxyl groups excluding tert-OH is 1. The third kappa shape index (κ3) is 4.17. The summed E-state index contributed by atoms with van der Waals surface area (Å²) >= 11 is -2.11. The van der Waals surface area contributed by atoms with Gasteiger partial charge in [0.05, 0.1) is 6.61 Å². The molecule has 3 N–H and O–H groups in total. The van der Waals surface area contributed by atoms with Crippen molar-refractivity contribution in [3.63, 3.8) is 0 Å². The minimum absolute atomic E-state index is 0.0114. The third-order valence-corrected chi connectivity index (χ3v) is 4.01. The summed E-state index contributed by atoms with van der Waals surface area (Å²) in [6.07, 6.45) is 0. The number of piperazine rings is 1. The highest BCUT2D eigenvalue weighted by atomic mass is 32.2. The number of rotatable bonds is 5. The number of benzene rings is 1. The molecule has 1 aliphatic rings. The van der Waals surface area contributed by atoms with Crippen LogP contribution in [-0.4, -0.2) is 58.1 Å². The van der Waals surface area contributed by atoms with Gasteiger partial charge in [-0.15, -0.1) is 0 Å². The van der Waals surface area contributed by atoms with Crippen molar-refractivity contribution >= 4 is 22.5 Å². The molecule has 1 saturated heterocycles. The standard InChI is InChI=1S/C13H21N3O3S/c14-12-7-11(10-20(18)19)8-13(9-12)16-3-1-15(2-4-16)5-6-17/h7-9,17H,1-6,10,14H2,(H,18,19)/p-1. The first-order valence-electron chi connectivity index (χ1n) is 6.62. The molecule has 0 aromatic heterocycles. The van der Waals surface area contributed by atoms with E-state index in [1.165, 1.54) is 0 Å². The Morgan fingerprint density at radius 2 is 1.95 bits per heavy atom. The van der Waals surface area contributed by atoms with E-state index in [1.807, 2.05) is 12.1 Å². The van der Waals surface area contributed by atoms with E-state index in [0.29, 0.717) is 17.8 Å². The van der Waals surface area contributed by atoms with Crippen molar-refractivity contribution in [3.8, 4) is 0 Å². The fourth-order valence-electron chi connectivity index (χ4n) is 2.47. The first kappa shape index (κ1) is 15.2. The SMILES string of the molecule is Nc1cc(CS(=O)[O-])cc(N2CCN(CCO)CC2)c1. The fraction of sp³-hybridized carbons (Fsp3) is 0.538. The minimum Gasteiger partial charge on any atom is -0.772 e. The second-order valence-corrected chi connectivity index (χ2v) is 5.83. The Labute approximate surface area is 121 Å². The number of nitrogens with two attached hydrogens (primary N) is 1. The Morgan fingerprint density at radius 3 is 2.55 bits per heavy atom. The maximum atomic E-state index is 10.8. The summed E-state index contributed by atoms with van der Waals surface area (Å²) in [7, 11) is 0. The smallest absolute Gasteiger partial charge is 0.0558 e. The molecule has 1 fully saturated rings. The van der Waals surface area contributed by atoms with Crippen molar-refractivity contribution in [1.29, 1.82) is 0 Å². The highest BCUT2D eigenvalue weighted by molar-refractivity contribution is 7.78. The van der Waals surface area contributed by atoms with Crippen LogP contribution >= 0.6 is 0 Å². The Bertz CT molecular complexity index is 476. The van der Waals surface area contributed by atoms with Gasteiger partial charge in [0.15, 0.2) is 0 Å². The molecule has 0 spiro atoms. The first-order valence-corrected chi connectivity index (χ1v) is 7.86. The van der Waals surface area contributed by atoms with Crippen LogP contribution in [0.25, 0.3) is 0 Å². The zero-order valence-electron chi connectivity index (χ0n) is 11.3. The van der Waals surface area contributed by atoms with Crippen molar-refractivity contribution in [2.75, 3.05) is 50.0 Å². The predicted octanol–water partition coefficient (Wildman–Crippen LogP) is -0.238. The summed E-state index contributed by atoms with van der Waals surface area (Å²) in [4.78, 5) is 4.40. The van der Waals surface area contributed by atoms with Gasteiger partial charge in [0.2, 0.25) is 0 Å². The lowest BCUT2D eigenvalue weighted by molar-refractivity contribution is 0.189. The van der Waals surface area contributed by atoms with E-state index >= 15 is 0 Å². The lowest BCUT2D eigenvalue weighted by atomic mass is 10.1. The lowest BCUT2D eigenvalue weighted by Crippen LogP contribution is -2.47. The van der Waals surface area contributed by atoms with E-state index in [9.17, 15) is 8.76 Å². The van der Waals surface area contributed by atoms with Crippen LogP contribution in [0.2, 0.25) is 0 Å². The van der Waals surface area contributed by atoms with Crippen LogP contribution in [0.4, 0.5) is 11.4 Å². The summed E-state index contributed by atoms with van der Waals surface area (Å²) < 4.78 is 21.6. The van der Waals surface area contributed by atoms with Crippen LogP contribution in [0.3, 0.4) is 0 Å². The van der Waals surface area contributed by atoms with Crippen LogP contribution in [0, 0.1) is 0 Å². The second-order valence-electron chi connectivity index (χ2n) is 4.93. The zero-order chi connectivity index (χ0) is 14.5. The average molecular weight is 298 g/mol. The number of anilines is 2. The molecule has 2 rings (SSSR count). The first-order chi connectivity index (χ1) is 9.58. The van der Waals surface area contributed by atoms with Gasteiger partial charge in [0.1, 0.15) is 0 Å². The molecule has 1 aromatic rings. The molecule has 112 valence electrons. The van der Waals surface area contributed by atoms with Gasteiger partial charge in [0, 0.05) is 49.9 Å². The Kier molecular flexibility index (Phi) is 5.36. The Balaban J connectivity index is 2.05. The molecule has 1 aromatic carbocycles. The van der Waals surface area contributed by atoms with Crippen LogP contribution in [0.5, 0.6) is 0 Å². The number of aliphatic hydroxyl groups is 1. The van der Waals surface area contributed by atoms with Crippen LogP contribution in [0.15, 0.2) is 18.2 Å². The highest BCUT2D eigenvalue weighted by Gasteiger charge is 2.17. The van der Waals surface area contributed by atoms with Gasteiger partial charge in [-0.3, -0.25) is 9.11 Å². The van der Waals surface area contributed by atoms with Crippen molar-refractivity contribution in [3.05, 3.63) is 23.8 Å². The third-order valence-electron chi connectivity index (χ3n) is 3.44. The van der Waals surface area contributed by atoms with E-state index in [4.69, 9.17) is 10.8 Å². The summed E-state index contributed by atoms with van der Waals surface area (Å²) in [5.41, 5.74) is 8.11. The quantitative estimate of drug-likeness (QED) is 0.576. The second kappa shape index (κ2) is 7.03. The van der Waals surface area contributed by atoms with E-state index in [-0.39, 0.29) is 12.4 Å². The van der Waals surface area contributed by atoms with Gasteiger partial charge in [-0.1, -0.05) is 11.1 Å². The molecule has 1 heterocycles. The van der Waals surface area contributed by atoms with Crippen LogP contribution < -0.4 is 10.6 Å². The number of β-amino-alcohol motifs (C(OH)–C–C–N with tert-alkyl or cyclic N) is 1. The monoisotopic (exact) mass is 298 g/mol. The highest BCUT2D eigenvalue weighted by Crippen LogP contribution is 2.22. The van der Waals surface area contributed by atoms with Crippen molar-refractivity contribution in [2.24, 2.45) is 0 Å². The Hall–Kier alpha value is -1.15. The maximum absolute atomic E-state index is 10.8. The fourth-order valence-corrected chi connectivity index (χ4v) is 2.91. The maximum Gasteiger partial charge on any atom is 0.0558 e. The molecular weight excluding hydrogens is 278 g/mol. The topological polar surface area (TPSA) is 92.9 Å². The van der Waals surface area contributed by atoms with E-state index in [1.54, 1.807) is 6.07 Å². The van der Waals surface area contributed by atoms with Crippen molar-refractivity contribution < 1.29 is 13.9 Å². The summed E-state index contributed by atoms with van der Waals surface area (Å²) in [6, 6.07) is 5.45. The summed E-state index contributed by atoms with van der Waals surface area (Å²) in [5.74, 6) is -0.0114. The number of hydrogen-bond acceptors (Lipinski definition) is 6. The van der Waals surface area contributed by atoms with Gasteiger partial charge < -0.3 is 20.3 Å². The zero-order valence-corrected chi connectivity index (χ0v) is 12.1. The molecule has 1 aliphatic heterocycles. The molecule has 7 heteroatoms. The van der Waals surface area contributed by atoms with Crippen LogP contribution in [0.1, 0.15) is 5.56 Å². The molecule has 0 radical (unpaired) electrons. The predicted molar refractivity (Wildman–Crippen MR) is 79.2 cm³/mol. The molecule has 0 aliphatic carbocycles. The van der Waals surface area contributed by atoms with Gasteiger partial charge in [-0.2, -0.15) is 0 Å². The summed E-state index contributed by atoms with van der Waals surface area (Å²) in [6.45, 7) is 4.35. The van der Waals surface area contributed by atoms with Crippen LogP contribution in [-0.2, 0) is 16.8 Å². The molecule has 6 nitrogen and oxygen atoms in total. The van der Waals surface area contributed by atoms with E-state index < -0.39 is 11.1 Å². The molecular formula is C13H20N3O3S-. The largest absolute Gasteiger partial charge is 0.772 e. The van der Waals surface area contributed by atoms with E-state index in [2.05, 4.69) is 9.80 Å². The van der Waals surface area contributed by atoms with Crippen molar-refractivity contribution in [1.82, 2.24) is 4.90 Å². The molecule has 0 bridgehead atoms. The average Bonchev–Trinajstić information content (AvgIpc) is 2.38. The van der Waals surface area contributed by atoms with E-state index in [0.717, 1.165) is 31.9 Å². The van der Waals surface area contributed by atoms with Gasteiger partial charge in [0.25, 0.3) is 0 Å². The minimum atomic E-state index is -2.11. The molecule has 1 unspecified atom stereocenters.